The number of carbonyl (C=O) groups is 2. The number of piperidine rings is 1. The Morgan fingerprint density at radius 2 is 1.89 bits per heavy atom. The van der Waals surface area contributed by atoms with Crippen LogP contribution in [-0.4, -0.2) is 60.4 Å². The summed E-state index contributed by atoms with van der Waals surface area (Å²) in [5.74, 6) is 0.307. The van der Waals surface area contributed by atoms with E-state index in [0.29, 0.717) is 6.42 Å². The fraction of sp³-hybridized carbons (Fsp3) is 0.857. The van der Waals surface area contributed by atoms with Crippen LogP contribution in [0.5, 0.6) is 0 Å². The first-order chi connectivity index (χ1) is 9.24. The number of carbonyl (C=O) groups excluding carboxylic acids is 2. The summed E-state index contributed by atoms with van der Waals surface area (Å²) in [5, 5.41) is 3.25. The molecule has 2 aliphatic rings. The van der Waals surface area contributed by atoms with Gasteiger partial charge in [0.15, 0.2) is 0 Å². The van der Waals surface area contributed by atoms with Crippen molar-refractivity contribution < 1.29 is 9.59 Å². The zero-order chi connectivity index (χ0) is 13.7. The third-order valence-electron chi connectivity index (χ3n) is 4.00. The molecule has 2 rings (SSSR count). The van der Waals surface area contributed by atoms with E-state index in [2.05, 4.69) is 5.32 Å². The number of nitrogens with one attached hydrogen (secondary N) is 1. The van der Waals surface area contributed by atoms with Crippen LogP contribution in [0.2, 0.25) is 0 Å². The van der Waals surface area contributed by atoms with E-state index in [0.717, 1.165) is 58.4 Å². The molecule has 5 heteroatoms. The van der Waals surface area contributed by atoms with Gasteiger partial charge in [-0.25, -0.2) is 0 Å². The van der Waals surface area contributed by atoms with Crippen molar-refractivity contribution in [1.82, 2.24) is 15.1 Å². The average molecular weight is 267 g/mol. The molecule has 5 nitrogen and oxygen atoms in total. The van der Waals surface area contributed by atoms with Gasteiger partial charge in [-0.15, -0.1) is 0 Å². The van der Waals surface area contributed by atoms with Crippen molar-refractivity contribution in [3.05, 3.63) is 0 Å². The minimum Gasteiger partial charge on any atom is -0.338 e. The molecule has 0 spiro atoms. The van der Waals surface area contributed by atoms with Crippen molar-refractivity contribution in [1.29, 1.82) is 0 Å². The van der Waals surface area contributed by atoms with Crippen molar-refractivity contribution in [2.45, 2.75) is 45.1 Å². The third kappa shape index (κ3) is 3.47. The van der Waals surface area contributed by atoms with Crippen molar-refractivity contribution in [3.8, 4) is 0 Å². The summed E-state index contributed by atoms with van der Waals surface area (Å²) in [5.41, 5.74) is 0. The summed E-state index contributed by atoms with van der Waals surface area (Å²) in [6, 6.07) is -0.203. The Balaban J connectivity index is 2.01. The van der Waals surface area contributed by atoms with Crippen LogP contribution in [0.4, 0.5) is 0 Å². The summed E-state index contributed by atoms with van der Waals surface area (Å²) < 4.78 is 0. The first-order valence-electron chi connectivity index (χ1n) is 7.53. The van der Waals surface area contributed by atoms with Crippen LogP contribution >= 0.6 is 0 Å². The molecule has 0 aromatic heterocycles. The molecule has 2 amide bonds. The zero-order valence-electron chi connectivity index (χ0n) is 11.9. The maximum absolute atomic E-state index is 12.6. The minimum atomic E-state index is -0.203. The lowest BCUT2D eigenvalue weighted by Crippen LogP contribution is -2.56. The van der Waals surface area contributed by atoms with Gasteiger partial charge in [0.2, 0.25) is 11.8 Å². The molecule has 0 aromatic carbocycles. The van der Waals surface area contributed by atoms with E-state index in [-0.39, 0.29) is 17.9 Å². The lowest BCUT2D eigenvalue weighted by molar-refractivity contribution is -0.148. The van der Waals surface area contributed by atoms with Gasteiger partial charge in [-0.05, 0) is 25.7 Å². The Morgan fingerprint density at radius 3 is 2.58 bits per heavy atom. The molecule has 0 aromatic rings. The van der Waals surface area contributed by atoms with Gasteiger partial charge in [0, 0.05) is 39.1 Å². The Morgan fingerprint density at radius 1 is 1.16 bits per heavy atom. The molecular weight excluding hydrogens is 242 g/mol. The summed E-state index contributed by atoms with van der Waals surface area (Å²) in [4.78, 5) is 28.5. The molecule has 2 aliphatic heterocycles. The fourth-order valence-electron chi connectivity index (χ4n) is 2.94. The van der Waals surface area contributed by atoms with E-state index in [4.69, 9.17) is 0 Å². The lowest BCUT2D eigenvalue weighted by Gasteiger charge is -2.39. The number of likely N-dealkylation sites (tertiary alicyclic amines) is 1. The number of amides is 2. The first kappa shape index (κ1) is 14.3. The molecule has 2 fully saturated rings. The second kappa shape index (κ2) is 6.89. The average Bonchev–Trinajstić information content (AvgIpc) is 2.47. The molecule has 0 bridgehead atoms. The number of rotatable bonds is 3. The van der Waals surface area contributed by atoms with Gasteiger partial charge in [0.1, 0.15) is 6.04 Å². The number of hydrogen-bond donors (Lipinski definition) is 1. The highest BCUT2D eigenvalue weighted by molar-refractivity contribution is 5.88. The molecule has 1 atom stereocenters. The predicted octanol–water partition coefficient (Wildman–Crippen LogP) is 0.599. The van der Waals surface area contributed by atoms with Crippen molar-refractivity contribution >= 4 is 11.8 Å². The van der Waals surface area contributed by atoms with E-state index in [1.54, 1.807) is 0 Å². The maximum atomic E-state index is 12.6. The molecule has 2 heterocycles. The standard InChI is InChI=1S/C14H25N3O2/c1-2-5-13(18)17-9-4-3-6-12(17)14(19)16-10-7-15-8-11-16/h12,15H,2-11H2,1H3. The second-order valence-electron chi connectivity index (χ2n) is 5.42. The molecule has 0 saturated carbocycles. The molecule has 1 unspecified atom stereocenters. The number of piperazine rings is 1. The van der Waals surface area contributed by atoms with E-state index >= 15 is 0 Å². The van der Waals surface area contributed by atoms with Gasteiger partial charge in [0.05, 0.1) is 0 Å². The zero-order valence-corrected chi connectivity index (χ0v) is 11.9. The van der Waals surface area contributed by atoms with Gasteiger partial charge in [-0.1, -0.05) is 6.92 Å². The third-order valence-corrected chi connectivity index (χ3v) is 4.00. The van der Waals surface area contributed by atoms with Gasteiger partial charge >= 0.3 is 0 Å². The molecule has 108 valence electrons. The van der Waals surface area contributed by atoms with Gasteiger partial charge in [0.25, 0.3) is 0 Å². The first-order valence-corrected chi connectivity index (χ1v) is 7.53. The van der Waals surface area contributed by atoms with Crippen molar-refractivity contribution in [2.75, 3.05) is 32.7 Å². The second-order valence-corrected chi connectivity index (χ2v) is 5.42. The fourth-order valence-corrected chi connectivity index (χ4v) is 2.94. The van der Waals surface area contributed by atoms with Crippen molar-refractivity contribution in [2.24, 2.45) is 0 Å². The van der Waals surface area contributed by atoms with Crippen LogP contribution < -0.4 is 5.32 Å². The lowest BCUT2D eigenvalue weighted by atomic mass is 10.00. The molecule has 19 heavy (non-hydrogen) atoms. The molecule has 1 N–H and O–H groups in total. The smallest absolute Gasteiger partial charge is 0.245 e. The van der Waals surface area contributed by atoms with Gasteiger partial charge in [-0.3, -0.25) is 9.59 Å². The highest BCUT2D eigenvalue weighted by Crippen LogP contribution is 2.20. The predicted molar refractivity (Wildman–Crippen MR) is 73.7 cm³/mol. The maximum Gasteiger partial charge on any atom is 0.245 e. The SMILES string of the molecule is CCCC(=O)N1CCCCC1C(=O)N1CCNCC1. The van der Waals surface area contributed by atoms with E-state index in [1.165, 1.54) is 0 Å². The normalized spacial score (nSPS) is 24.4. The minimum absolute atomic E-state index is 0.149. The molecule has 0 aliphatic carbocycles. The largest absolute Gasteiger partial charge is 0.338 e. The summed E-state index contributed by atoms with van der Waals surface area (Å²) in [6.45, 7) is 6.02. The molecule has 0 radical (unpaired) electrons. The van der Waals surface area contributed by atoms with Gasteiger partial charge < -0.3 is 15.1 Å². The summed E-state index contributed by atoms with van der Waals surface area (Å²) in [7, 11) is 0. The Bertz CT molecular complexity index is 327. The van der Waals surface area contributed by atoms with Crippen LogP contribution in [0.1, 0.15) is 39.0 Å². The Kier molecular flexibility index (Phi) is 5.19. The van der Waals surface area contributed by atoms with E-state index < -0.39 is 0 Å². The van der Waals surface area contributed by atoms with Crippen LogP contribution in [0.25, 0.3) is 0 Å². The van der Waals surface area contributed by atoms with Gasteiger partial charge in [-0.2, -0.15) is 0 Å². The summed E-state index contributed by atoms with van der Waals surface area (Å²) in [6.07, 6.45) is 4.33. The topological polar surface area (TPSA) is 52.7 Å². The highest BCUT2D eigenvalue weighted by atomic mass is 16.2. The Hall–Kier alpha value is -1.10. The highest BCUT2D eigenvalue weighted by Gasteiger charge is 2.34. The molecule has 2 saturated heterocycles. The van der Waals surface area contributed by atoms with E-state index in [1.807, 2.05) is 16.7 Å². The van der Waals surface area contributed by atoms with Crippen molar-refractivity contribution in [3.63, 3.8) is 0 Å². The van der Waals surface area contributed by atoms with Crippen LogP contribution in [0.3, 0.4) is 0 Å². The van der Waals surface area contributed by atoms with Crippen LogP contribution in [-0.2, 0) is 9.59 Å². The van der Waals surface area contributed by atoms with Crippen LogP contribution in [0.15, 0.2) is 0 Å². The number of hydrogen-bond acceptors (Lipinski definition) is 3. The van der Waals surface area contributed by atoms with E-state index in [9.17, 15) is 9.59 Å². The quantitative estimate of drug-likeness (QED) is 0.814. The Labute approximate surface area is 115 Å². The molecular formula is C14H25N3O2. The van der Waals surface area contributed by atoms with Crippen LogP contribution in [0, 0.1) is 0 Å². The number of nitrogens with zero attached hydrogens (tertiary/aromatic N) is 2. The monoisotopic (exact) mass is 267 g/mol. The summed E-state index contributed by atoms with van der Waals surface area (Å²) >= 11 is 0.